The summed E-state index contributed by atoms with van der Waals surface area (Å²) in [5, 5.41) is 2.32. The summed E-state index contributed by atoms with van der Waals surface area (Å²) in [4.78, 5) is 14.9. The third kappa shape index (κ3) is 5.30. The molecule has 4 rings (SSSR count). The lowest BCUT2D eigenvalue weighted by atomic mass is 9.83. The highest BCUT2D eigenvalue weighted by molar-refractivity contribution is 5.96. The van der Waals surface area contributed by atoms with Crippen LogP contribution < -0.4 is 4.57 Å². The van der Waals surface area contributed by atoms with Crippen molar-refractivity contribution in [3.05, 3.63) is 70.9 Å². The largest absolute Gasteiger partial charge is 0.217 e. The number of hydrogen-bond acceptors (Lipinski definition) is 3. The molecule has 0 spiro atoms. The maximum Gasteiger partial charge on any atom is 0.213 e. The molecule has 2 heterocycles. The third-order valence-corrected chi connectivity index (χ3v) is 7.16. The van der Waals surface area contributed by atoms with Gasteiger partial charge in [-0.05, 0) is 48.1 Å². The smallest absolute Gasteiger partial charge is 0.213 e. The van der Waals surface area contributed by atoms with E-state index in [9.17, 15) is 0 Å². The van der Waals surface area contributed by atoms with Gasteiger partial charge in [-0.1, -0.05) is 80.5 Å². The first-order valence-electron chi connectivity index (χ1n) is 13.3. The van der Waals surface area contributed by atoms with E-state index in [0.29, 0.717) is 0 Å². The molecule has 2 aromatic heterocycles. The number of aromatic nitrogens is 4. The molecule has 0 unspecified atom stereocenters. The minimum absolute atomic E-state index is 0.0748. The molecule has 0 aliphatic carbocycles. The van der Waals surface area contributed by atoms with Crippen LogP contribution in [0.5, 0.6) is 0 Å². The monoisotopic (exact) mass is 495 g/mol. The molecule has 0 aliphatic heterocycles. The van der Waals surface area contributed by atoms with Crippen LogP contribution in [0.15, 0.2) is 42.6 Å². The van der Waals surface area contributed by atoms with Gasteiger partial charge in [0, 0.05) is 38.8 Å². The molecule has 0 N–H and O–H groups in total. The van der Waals surface area contributed by atoms with Crippen molar-refractivity contribution in [1.82, 2.24) is 15.0 Å². The normalized spacial score (nSPS) is 12.9. The molecular formula is C33H43N4+. The van der Waals surface area contributed by atoms with E-state index in [-0.39, 0.29) is 16.2 Å². The first-order chi connectivity index (χ1) is 17.0. The number of hydrogen-bond donors (Lipinski definition) is 0. The Hall–Kier alpha value is -3.14. The van der Waals surface area contributed by atoms with E-state index in [1.54, 1.807) is 0 Å². The fourth-order valence-corrected chi connectivity index (χ4v) is 4.56. The fourth-order valence-electron chi connectivity index (χ4n) is 4.56. The van der Waals surface area contributed by atoms with Gasteiger partial charge in [-0.2, -0.15) is 0 Å². The topological polar surface area (TPSA) is 42.6 Å². The molecule has 37 heavy (non-hydrogen) atoms. The molecule has 194 valence electrons. The van der Waals surface area contributed by atoms with Gasteiger partial charge in [0.15, 0.2) is 12.0 Å². The first-order valence-corrected chi connectivity index (χ1v) is 13.3. The quantitative estimate of drug-likeness (QED) is 0.268. The zero-order chi connectivity index (χ0) is 27.5. The zero-order valence-electron chi connectivity index (χ0n) is 24.8. The Morgan fingerprint density at radius 2 is 1.27 bits per heavy atom. The van der Waals surface area contributed by atoms with Crippen LogP contribution in [-0.2, 0) is 23.3 Å². The van der Waals surface area contributed by atoms with E-state index in [0.717, 1.165) is 28.4 Å². The summed E-state index contributed by atoms with van der Waals surface area (Å²) in [5.41, 5.74) is 7.19. The number of benzene rings is 2. The van der Waals surface area contributed by atoms with E-state index in [1.807, 2.05) is 0 Å². The summed E-state index contributed by atoms with van der Waals surface area (Å²) in [7, 11) is 2.14. The number of aryl methyl sites for hydroxylation is 2. The van der Waals surface area contributed by atoms with E-state index < -0.39 is 0 Å². The van der Waals surface area contributed by atoms with E-state index in [4.69, 9.17) is 15.0 Å². The molecule has 0 bridgehead atoms. The van der Waals surface area contributed by atoms with Crippen molar-refractivity contribution in [3.63, 3.8) is 0 Å². The van der Waals surface area contributed by atoms with Gasteiger partial charge >= 0.3 is 0 Å². The van der Waals surface area contributed by atoms with Crippen LogP contribution in [0.2, 0.25) is 0 Å². The van der Waals surface area contributed by atoms with Gasteiger partial charge in [0.25, 0.3) is 0 Å². The van der Waals surface area contributed by atoms with Crippen molar-refractivity contribution in [2.24, 2.45) is 7.05 Å². The van der Waals surface area contributed by atoms with Crippen LogP contribution in [0.4, 0.5) is 0 Å². The van der Waals surface area contributed by atoms with Crippen LogP contribution in [0.25, 0.3) is 33.4 Å². The molecule has 4 nitrogen and oxygen atoms in total. The number of pyridine rings is 1. The minimum atomic E-state index is -0.179. The highest BCUT2D eigenvalue weighted by Crippen LogP contribution is 2.35. The van der Waals surface area contributed by atoms with Crippen LogP contribution in [0.3, 0.4) is 0 Å². The lowest BCUT2D eigenvalue weighted by Gasteiger charge is -2.23. The highest BCUT2D eigenvalue weighted by atomic mass is 15.1. The van der Waals surface area contributed by atoms with E-state index in [1.165, 1.54) is 33.3 Å². The molecule has 0 radical (unpaired) electrons. The van der Waals surface area contributed by atoms with Gasteiger partial charge in [0.2, 0.25) is 5.69 Å². The van der Waals surface area contributed by atoms with Gasteiger partial charge in [0.05, 0.1) is 0 Å². The van der Waals surface area contributed by atoms with Crippen molar-refractivity contribution < 1.29 is 4.57 Å². The van der Waals surface area contributed by atoms with Crippen LogP contribution in [0, 0.1) is 13.8 Å². The highest BCUT2D eigenvalue weighted by Gasteiger charge is 2.27. The van der Waals surface area contributed by atoms with E-state index in [2.05, 4.69) is 130 Å². The molecule has 0 fully saturated rings. The fraction of sp³-hybridized carbons (Fsp3) is 0.455. The Balaban J connectivity index is 2.03. The van der Waals surface area contributed by atoms with Gasteiger partial charge in [-0.3, -0.25) is 0 Å². The summed E-state index contributed by atoms with van der Waals surface area (Å²) >= 11 is 0. The van der Waals surface area contributed by atoms with E-state index >= 15 is 0 Å². The molecule has 2 aromatic carbocycles. The molecular weight excluding hydrogens is 452 g/mol. The van der Waals surface area contributed by atoms with Crippen molar-refractivity contribution in [2.45, 2.75) is 92.4 Å². The molecule has 0 atom stereocenters. The van der Waals surface area contributed by atoms with Gasteiger partial charge in [0.1, 0.15) is 18.7 Å². The Labute approximate surface area is 223 Å². The molecule has 4 heteroatoms. The molecule has 0 saturated heterocycles. The molecule has 0 amide bonds. The summed E-state index contributed by atoms with van der Waals surface area (Å²) < 4.78 is 2.24. The maximum atomic E-state index is 5.01. The summed E-state index contributed by atoms with van der Waals surface area (Å²) in [6.07, 6.45) is 2.23. The van der Waals surface area contributed by atoms with Gasteiger partial charge in [-0.25, -0.2) is 19.5 Å². The number of fused-ring (bicyclic) bond motifs is 1. The minimum Gasteiger partial charge on any atom is -0.217 e. The number of nitrogens with zero attached hydrogens (tertiary/aromatic N) is 4. The Morgan fingerprint density at radius 3 is 1.81 bits per heavy atom. The molecule has 0 saturated carbocycles. The predicted molar refractivity (Wildman–Crippen MR) is 155 cm³/mol. The summed E-state index contributed by atoms with van der Waals surface area (Å²) in [6.45, 7) is 24.2. The Bertz CT molecular complexity index is 1460. The first kappa shape index (κ1) is 26.9. The molecule has 4 aromatic rings. The SMILES string of the molecule is Cc1cc(C(C)(C)C)cc(-c2cc3c(-c4nc(C(C)(C)C)nc(C(C)(C)C)n4)cccc3c[n+]2C)c1C. The van der Waals surface area contributed by atoms with Crippen LogP contribution in [-0.4, -0.2) is 15.0 Å². The summed E-state index contributed by atoms with van der Waals surface area (Å²) in [6, 6.07) is 13.4. The van der Waals surface area contributed by atoms with Crippen molar-refractivity contribution in [2.75, 3.05) is 0 Å². The second-order valence-corrected chi connectivity index (χ2v) is 13.6. The van der Waals surface area contributed by atoms with Crippen molar-refractivity contribution in [1.29, 1.82) is 0 Å². The maximum absolute atomic E-state index is 5.01. The predicted octanol–water partition coefficient (Wildman–Crippen LogP) is 7.69. The van der Waals surface area contributed by atoms with Crippen LogP contribution in [0.1, 0.15) is 90.7 Å². The average molecular weight is 496 g/mol. The van der Waals surface area contributed by atoms with Crippen LogP contribution >= 0.6 is 0 Å². The zero-order valence-corrected chi connectivity index (χ0v) is 24.8. The lowest BCUT2D eigenvalue weighted by Crippen LogP contribution is -2.31. The van der Waals surface area contributed by atoms with Gasteiger partial charge < -0.3 is 0 Å². The average Bonchev–Trinajstić information content (AvgIpc) is 2.78. The number of rotatable bonds is 2. The Morgan fingerprint density at radius 1 is 0.676 bits per heavy atom. The lowest BCUT2D eigenvalue weighted by molar-refractivity contribution is -0.659. The second kappa shape index (κ2) is 9.01. The second-order valence-electron chi connectivity index (χ2n) is 13.6. The van der Waals surface area contributed by atoms with Crippen molar-refractivity contribution in [3.8, 4) is 22.6 Å². The molecule has 0 aliphatic rings. The Kier molecular flexibility index (Phi) is 6.55. The van der Waals surface area contributed by atoms with Gasteiger partial charge in [-0.15, -0.1) is 0 Å². The standard InChI is InChI=1S/C33H43N4/c1-20-16-23(31(3,4)5)17-25(21(20)2)27-18-26-22(19-37(27)12)14-13-15-24(26)28-34-29(32(6,7)8)36-30(35-28)33(9,10)11/h13-19H,1-12H3/q+1. The summed E-state index contributed by atoms with van der Waals surface area (Å²) in [5.74, 6) is 2.39. The van der Waals surface area contributed by atoms with Crippen molar-refractivity contribution >= 4 is 10.8 Å². The third-order valence-electron chi connectivity index (χ3n) is 7.16.